The molecule has 1 amide bonds. The lowest BCUT2D eigenvalue weighted by atomic mass is 9.85. The third-order valence-corrected chi connectivity index (χ3v) is 2.93. The molecule has 0 atom stereocenters. The summed E-state index contributed by atoms with van der Waals surface area (Å²) in [6.07, 6.45) is 0.284. The predicted octanol–water partition coefficient (Wildman–Crippen LogP) is 2.51. The zero-order chi connectivity index (χ0) is 16.0. The van der Waals surface area contributed by atoms with Crippen LogP contribution in [0.1, 0.15) is 32.3 Å². The Kier molecular flexibility index (Phi) is 5.81. The minimum atomic E-state index is -0.956. The van der Waals surface area contributed by atoms with Crippen molar-refractivity contribution < 1.29 is 23.5 Å². The van der Waals surface area contributed by atoms with Gasteiger partial charge in [0.05, 0.1) is 6.42 Å². The van der Waals surface area contributed by atoms with Gasteiger partial charge < -0.3 is 10.4 Å². The average molecular weight is 299 g/mol. The predicted molar refractivity (Wildman–Crippen MR) is 73.7 cm³/mol. The molecule has 0 saturated carbocycles. The van der Waals surface area contributed by atoms with Crippen LogP contribution < -0.4 is 5.32 Å². The van der Waals surface area contributed by atoms with E-state index >= 15 is 0 Å². The molecule has 1 rings (SSSR count). The number of carbonyl (C=O) groups excluding carboxylic acids is 1. The molecule has 6 heteroatoms. The van der Waals surface area contributed by atoms with Gasteiger partial charge in [-0.25, -0.2) is 8.78 Å². The van der Waals surface area contributed by atoms with Crippen molar-refractivity contribution in [1.29, 1.82) is 0 Å². The molecule has 0 heterocycles. The van der Waals surface area contributed by atoms with Crippen LogP contribution in [0.4, 0.5) is 8.78 Å². The number of carboxylic acids is 1. The van der Waals surface area contributed by atoms with Crippen molar-refractivity contribution in [1.82, 2.24) is 5.32 Å². The summed E-state index contributed by atoms with van der Waals surface area (Å²) in [6, 6.07) is 3.21. The molecule has 0 aliphatic rings. The van der Waals surface area contributed by atoms with Crippen LogP contribution in [0.3, 0.4) is 0 Å². The fourth-order valence-corrected chi connectivity index (χ4v) is 2.07. The van der Waals surface area contributed by atoms with Gasteiger partial charge in [0, 0.05) is 19.0 Å². The highest BCUT2D eigenvalue weighted by molar-refractivity contribution is 5.77. The van der Waals surface area contributed by atoms with Gasteiger partial charge >= 0.3 is 5.97 Å². The number of aliphatic carboxylic acids is 1. The number of hydrogen-bond acceptors (Lipinski definition) is 2. The number of rotatable bonds is 7. The summed E-state index contributed by atoms with van der Waals surface area (Å²) in [7, 11) is 0. The molecule has 0 spiro atoms. The molecule has 116 valence electrons. The van der Waals surface area contributed by atoms with Crippen LogP contribution >= 0.6 is 0 Å². The van der Waals surface area contributed by atoms with Gasteiger partial charge in [-0.2, -0.15) is 0 Å². The first kappa shape index (κ1) is 17.1. The Labute approximate surface area is 122 Å². The lowest BCUT2D eigenvalue weighted by molar-refractivity contribution is -0.139. The Bertz CT molecular complexity index is 509. The molecular formula is C15H19F2NO3. The van der Waals surface area contributed by atoms with Gasteiger partial charge in [0.2, 0.25) is 5.91 Å². The molecule has 0 bridgehead atoms. The topological polar surface area (TPSA) is 66.4 Å². The minimum absolute atomic E-state index is 0.0802. The standard InChI is InChI=1S/C15H19F2NO3/c1-15(2,9-14(20)21)8-13(19)18-4-3-10-5-11(16)7-12(17)6-10/h5-7H,3-4,8-9H2,1-2H3,(H,18,19)(H,20,21). The lowest BCUT2D eigenvalue weighted by Crippen LogP contribution is -2.31. The second-order valence-corrected chi connectivity index (χ2v) is 5.79. The number of amides is 1. The van der Waals surface area contributed by atoms with E-state index in [0.717, 1.165) is 6.07 Å². The Hall–Kier alpha value is -1.98. The van der Waals surface area contributed by atoms with Crippen LogP contribution in [-0.2, 0) is 16.0 Å². The zero-order valence-corrected chi connectivity index (χ0v) is 12.1. The molecule has 21 heavy (non-hydrogen) atoms. The SMILES string of the molecule is CC(C)(CC(=O)O)CC(=O)NCCc1cc(F)cc(F)c1. The van der Waals surface area contributed by atoms with Gasteiger partial charge in [0.25, 0.3) is 0 Å². The number of carboxylic acid groups (broad SMARTS) is 1. The minimum Gasteiger partial charge on any atom is -0.481 e. The monoisotopic (exact) mass is 299 g/mol. The first-order valence-corrected chi connectivity index (χ1v) is 6.61. The van der Waals surface area contributed by atoms with E-state index in [1.807, 2.05) is 0 Å². The van der Waals surface area contributed by atoms with E-state index in [4.69, 9.17) is 5.11 Å². The Morgan fingerprint density at radius 3 is 2.24 bits per heavy atom. The number of nitrogens with one attached hydrogen (secondary N) is 1. The van der Waals surface area contributed by atoms with Crippen LogP contribution in [0.2, 0.25) is 0 Å². The molecule has 0 radical (unpaired) electrons. The smallest absolute Gasteiger partial charge is 0.303 e. The molecule has 0 unspecified atom stereocenters. The van der Waals surface area contributed by atoms with Crippen molar-refractivity contribution in [2.75, 3.05) is 6.54 Å². The second kappa shape index (κ2) is 7.15. The summed E-state index contributed by atoms with van der Waals surface area (Å²) in [5.41, 5.74) is -0.182. The normalized spacial score (nSPS) is 11.2. The van der Waals surface area contributed by atoms with E-state index in [9.17, 15) is 18.4 Å². The van der Waals surface area contributed by atoms with Gasteiger partial charge in [-0.3, -0.25) is 9.59 Å². The molecule has 0 fully saturated rings. The van der Waals surface area contributed by atoms with Gasteiger partial charge in [-0.1, -0.05) is 13.8 Å². The van der Waals surface area contributed by atoms with Crippen molar-refractivity contribution in [3.05, 3.63) is 35.4 Å². The van der Waals surface area contributed by atoms with Crippen molar-refractivity contribution in [2.24, 2.45) is 5.41 Å². The maximum absolute atomic E-state index is 13.0. The summed E-state index contributed by atoms with van der Waals surface area (Å²) >= 11 is 0. The van der Waals surface area contributed by atoms with Gasteiger partial charge in [0.15, 0.2) is 0 Å². The number of halogens is 2. The first-order chi connectivity index (χ1) is 9.68. The molecule has 0 aromatic heterocycles. The summed E-state index contributed by atoms with van der Waals surface area (Å²) < 4.78 is 25.9. The van der Waals surface area contributed by atoms with Crippen molar-refractivity contribution >= 4 is 11.9 Å². The highest BCUT2D eigenvalue weighted by atomic mass is 19.1. The molecule has 0 aliphatic heterocycles. The number of carbonyl (C=O) groups is 2. The first-order valence-electron chi connectivity index (χ1n) is 6.61. The fourth-order valence-electron chi connectivity index (χ4n) is 2.07. The van der Waals surface area contributed by atoms with Crippen LogP contribution in [0.25, 0.3) is 0 Å². The summed E-state index contributed by atoms with van der Waals surface area (Å²) in [5.74, 6) is -2.54. The van der Waals surface area contributed by atoms with Crippen molar-refractivity contribution in [2.45, 2.75) is 33.1 Å². The molecule has 1 aromatic carbocycles. The Morgan fingerprint density at radius 1 is 1.14 bits per heavy atom. The van der Waals surface area contributed by atoms with Gasteiger partial charge in [0.1, 0.15) is 11.6 Å². The maximum atomic E-state index is 13.0. The molecular weight excluding hydrogens is 280 g/mol. The van der Waals surface area contributed by atoms with E-state index < -0.39 is 23.0 Å². The largest absolute Gasteiger partial charge is 0.481 e. The third-order valence-electron chi connectivity index (χ3n) is 2.93. The highest BCUT2D eigenvalue weighted by Gasteiger charge is 2.24. The summed E-state index contributed by atoms with van der Waals surface area (Å²) in [6.45, 7) is 3.64. The second-order valence-electron chi connectivity index (χ2n) is 5.79. The zero-order valence-electron chi connectivity index (χ0n) is 12.1. The summed E-state index contributed by atoms with van der Waals surface area (Å²) in [5, 5.41) is 11.4. The molecule has 0 saturated heterocycles. The van der Waals surface area contributed by atoms with E-state index in [1.165, 1.54) is 12.1 Å². The van der Waals surface area contributed by atoms with Gasteiger partial charge in [-0.15, -0.1) is 0 Å². The van der Waals surface area contributed by atoms with Crippen LogP contribution in [0, 0.1) is 17.0 Å². The molecule has 4 nitrogen and oxygen atoms in total. The van der Waals surface area contributed by atoms with E-state index in [2.05, 4.69) is 5.32 Å². The third kappa shape index (κ3) is 6.83. The molecule has 1 aromatic rings. The van der Waals surface area contributed by atoms with Gasteiger partial charge in [-0.05, 0) is 29.5 Å². The van der Waals surface area contributed by atoms with Crippen molar-refractivity contribution in [3.63, 3.8) is 0 Å². The van der Waals surface area contributed by atoms with E-state index in [1.54, 1.807) is 13.8 Å². The number of hydrogen-bond donors (Lipinski definition) is 2. The van der Waals surface area contributed by atoms with E-state index in [-0.39, 0.29) is 25.3 Å². The number of benzene rings is 1. The maximum Gasteiger partial charge on any atom is 0.303 e. The highest BCUT2D eigenvalue weighted by Crippen LogP contribution is 2.24. The average Bonchev–Trinajstić information content (AvgIpc) is 2.24. The lowest BCUT2D eigenvalue weighted by Gasteiger charge is -2.21. The Balaban J connectivity index is 2.41. The quantitative estimate of drug-likeness (QED) is 0.813. The van der Waals surface area contributed by atoms with E-state index in [0.29, 0.717) is 12.0 Å². The molecule has 0 aliphatic carbocycles. The van der Waals surface area contributed by atoms with Crippen LogP contribution in [0.15, 0.2) is 18.2 Å². The van der Waals surface area contributed by atoms with Crippen LogP contribution in [0.5, 0.6) is 0 Å². The summed E-state index contributed by atoms with van der Waals surface area (Å²) in [4.78, 5) is 22.4. The fraction of sp³-hybridized carbons (Fsp3) is 0.467. The Morgan fingerprint density at radius 2 is 1.71 bits per heavy atom. The van der Waals surface area contributed by atoms with Crippen molar-refractivity contribution in [3.8, 4) is 0 Å². The molecule has 2 N–H and O–H groups in total. The van der Waals surface area contributed by atoms with Crippen LogP contribution in [-0.4, -0.2) is 23.5 Å².